The second-order valence-electron chi connectivity index (χ2n) is 7.11. The average Bonchev–Trinajstić information content (AvgIpc) is 3.39. The van der Waals surface area contributed by atoms with Crippen LogP contribution in [0, 0.1) is 6.92 Å². The maximum absolute atomic E-state index is 12.7. The van der Waals surface area contributed by atoms with Crippen LogP contribution in [0.3, 0.4) is 0 Å². The zero-order valence-electron chi connectivity index (χ0n) is 17.1. The monoisotopic (exact) mass is 463 g/mol. The minimum absolute atomic E-state index is 0.163. The molecule has 1 N–H and O–H groups in total. The van der Waals surface area contributed by atoms with Crippen LogP contribution >= 0.6 is 23.4 Å². The standard InChI is InChI=1S/C22H18ClN7OS/c1-14-25-21-16-7-3-5-9-18(16)26-22(30(21)28-14)32-13-20(31)27-19-10-11-24-29(19)12-15-6-2-4-8-17(15)23/h2-11H,12-13H2,1H3,(H,27,31). The smallest absolute Gasteiger partial charge is 0.235 e. The second-order valence-corrected chi connectivity index (χ2v) is 8.46. The number of aromatic nitrogens is 6. The van der Waals surface area contributed by atoms with Crippen LogP contribution in [0.1, 0.15) is 11.4 Å². The Balaban J connectivity index is 1.33. The molecule has 10 heteroatoms. The van der Waals surface area contributed by atoms with Crippen LogP contribution in [0.25, 0.3) is 16.6 Å². The van der Waals surface area contributed by atoms with Crippen molar-refractivity contribution in [1.82, 2.24) is 29.4 Å². The van der Waals surface area contributed by atoms with Gasteiger partial charge in [-0.3, -0.25) is 4.79 Å². The third kappa shape index (κ3) is 4.04. The molecule has 0 radical (unpaired) electrons. The number of rotatable bonds is 6. The van der Waals surface area contributed by atoms with Crippen LogP contribution < -0.4 is 5.32 Å². The normalized spacial score (nSPS) is 11.3. The molecule has 8 nitrogen and oxygen atoms in total. The average molecular weight is 464 g/mol. The van der Waals surface area contributed by atoms with Crippen molar-refractivity contribution in [3.63, 3.8) is 0 Å². The van der Waals surface area contributed by atoms with E-state index in [0.717, 1.165) is 22.1 Å². The van der Waals surface area contributed by atoms with Crippen LogP contribution in [0.4, 0.5) is 5.82 Å². The van der Waals surface area contributed by atoms with Gasteiger partial charge >= 0.3 is 0 Å². The number of benzene rings is 2. The van der Waals surface area contributed by atoms with E-state index in [2.05, 4.69) is 25.5 Å². The molecule has 5 rings (SSSR count). The lowest BCUT2D eigenvalue weighted by Gasteiger charge is -2.10. The number of anilines is 1. The number of fused-ring (bicyclic) bond motifs is 3. The van der Waals surface area contributed by atoms with E-state index in [9.17, 15) is 4.79 Å². The number of para-hydroxylation sites is 1. The molecule has 1 amide bonds. The second kappa shape index (κ2) is 8.60. The number of nitrogens with one attached hydrogen (secondary N) is 1. The van der Waals surface area contributed by atoms with Gasteiger partial charge < -0.3 is 5.32 Å². The highest BCUT2D eigenvalue weighted by Crippen LogP contribution is 2.24. The molecule has 0 saturated heterocycles. The zero-order chi connectivity index (χ0) is 22.1. The number of thioether (sulfide) groups is 1. The topological polar surface area (TPSA) is 90.0 Å². The minimum atomic E-state index is -0.171. The Labute approximate surface area is 192 Å². The molecule has 0 bridgehead atoms. The molecule has 0 aliphatic rings. The number of carbonyl (C=O) groups excluding carboxylic acids is 1. The summed E-state index contributed by atoms with van der Waals surface area (Å²) in [6, 6.07) is 17.1. The van der Waals surface area contributed by atoms with E-state index in [1.54, 1.807) is 21.5 Å². The van der Waals surface area contributed by atoms with Crippen molar-refractivity contribution in [2.24, 2.45) is 0 Å². The molecule has 0 saturated carbocycles. The van der Waals surface area contributed by atoms with Gasteiger partial charge in [-0.25, -0.2) is 14.6 Å². The van der Waals surface area contributed by atoms with Gasteiger partial charge in [0, 0.05) is 16.5 Å². The van der Waals surface area contributed by atoms with Crippen molar-refractivity contribution in [2.75, 3.05) is 11.1 Å². The largest absolute Gasteiger partial charge is 0.310 e. The summed E-state index contributed by atoms with van der Waals surface area (Å²) in [4.78, 5) is 21.9. The molecular weight excluding hydrogens is 446 g/mol. The van der Waals surface area contributed by atoms with Gasteiger partial charge in [-0.15, -0.1) is 5.10 Å². The lowest BCUT2D eigenvalue weighted by atomic mass is 10.2. The molecule has 0 atom stereocenters. The Morgan fingerprint density at radius 3 is 2.78 bits per heavy atom. The predicted molar refractivity (Wildman–Crippen MR) is 125 cm³/mol. The third-order valence-electron chi connectivity index (χ3n) is 4.85. The molecule has 0 fully saturated rings. The SMILES string of the molecule is Cc1nc2c3ccccc3nc(SCC(=O)Nc3ccnn3Cc3ccccc3Cl)n2n1. The number of carbonyl (C=O) groups is 1. The fraction of sp³-hybridized carbons (Fsp3) is 0.136. The molecule has 32 heavy (non-hydrogen) atoms. The number of amides is 1. The van der Waals surface area contributed by atoms with Crippen molar-refractivity contribution in [3.05, 3.63) is 77.2 Å². The van der Waals surface area contributed by atoms with Crippen LogP contribution in [0.5, 0.6) is 0 Å². The van der Waals surface area contributed by atoms with Crippen LogP contribution in [-0.4, -0.2) is 41.0 Å². The summed E-state index contributed by atoms with van der Waals surface area (Å²) in [5.41, 5.74) is 2.47. The Morgan fingerprint density at radius 1 is 1.09 bits per heavy atom. The van der Waals surface area contributed by atoms with Crippen molar-refractivity contribution in [2.45, 2.75) is 18.6 Å². The van der Waals surface area contributed by atoms with Gasteiger partial charge in [0.15, 0.2) is 10.8 Å². The quantitative estimate of drug-likeness (QED) is 0.299. The molecule has 0 aliphatic heterocycles. The molecule has 0 unspecified atom stereocenters. The molecule has 5 aromatic rings. The highest BCUT2D eigenvalue weighted by Gasteiger charge is 2.15. The molecule has 0 aliphatic carbocycles. The van der Waals surface area contributed by atoms with Crippen molar-refractivity contribution in [1.29, 1.82) is 0 Å². The van der Waals surface area contributed by atoms with Gasteiger partial charge in [-0.1, -0.05) is 53.7 Å². The molecule has 3 aromatic heterocycles. The van der Waals surface area contributed by atoms with Gasteiger partial charge in [0.25, 0.3) is 0 Å². The van der Waals surface area contributed by atoms with E-state index in [0.29, 0.717) is 28.4 Å². The van der Waals surface area contributed by atoms with E-state index < -0.39 is 0 Å². The summed E-state index contributed by atoms with van der Waals surface area (Å²) in [6.45, 7) is 2.30. The molecule has 3 heterocycles. The third-order valence-corrected chi connectivity index (χ3v) is 6.15. The van der Waals surface area contributed by atoms with Gasteiger partial charge in [-0.2, -0.15) is 9.61 Å². The summed E-state index contributed by atoms with van der Waals surface area (Å²) in [5.74, 6) is 1.24. The zero-order valence-corrected chi connectivity index (χ0v) is 18.6. The Kier molecular flexibility index (Phi) is 5.50. The van der Waals surface area contributed by atoms with Crippen LogP contribution in [0.2, 0.25) is 5.02 Å². The van der Waals surface area contributed by atoms with Crippen molar-refractivity contribution in [3.8, 4) is 0 Å². The van der Waals surface area contributed by atoms with Gasteiger partial charge in [0.2, 0.25) is 5.91 Å². The van der Waals surface area contributed by atoms with E-state index in [-0.39, 0.29) is 11.7 Å². The summed E-state index contributed by atoms with van der Waals surface area (Å²) < 4.78 is 3.40. The fourth-order valence-corrected chi connectivity index (χ4v) is 4.33. The number of aryl methyl sites for hydroxylation is 1. The lowest BCUT2D eigenvalue weighted by molar-refractivity contribution is -0.113. The molecule has 160 valence electrons. The first kappa shape index (κ1) is 20.5. The number of nitrogens with zero attached hydrogens (tertiary/aromatic N) is 6. The van der Waals surface area contributed by atoms with E-state index >= 15 is 0 Å². The first-order chi connectivity index (χ1) is 15.6. The predicted octanol–water partition coefficient (Wildman–Crippen LogP) is 4.21. The van der Waals surface area contributed by atoms with Crippen molar-refractivity contribution >= 4 is 51.6 Å². The lowest BCUT2D eigenvalue weighted by Crippen LogP contribution is -2.18. The maximum atomic E-state index is 12.7. The van der Waals surface area contributed by atoms with E-state index in [1.807, 2.05) is 55.5 Å². The number of hydrogen-bond acceptors (Lipinski definition) is 6. The highest BCUT2D eigenvalue weighted by molar-refractivity contribution is 7.99. The van der Waals surface area contributed by atoms with E-state index in [1.165, 1.54) is 11.8 Å². The van der Waals surface area contributed by atoms with Crippen molar-refractivity contribution < 1.29 is 4.79 Å². The van der Waals surface area contributed by atoms with Gasteiger partial charge in [-0.05, 0) is 30.7 Å². The fourth-order valence-electron chi connectivity index (χ4n) is 3.39. The van der Waals surface area contributed by atoms with Crippen LogP contribution in [0.15, 0.2) is 66.0 Å². The molecule has 2 aromatic carbocycles. The Morgan fingerprint density at radius 2 is 1.91 bits per heavy atom. The summed E-state index contributed by atoms with van der Waals surface area (Å²) in [7, 11) is 0. The van der Waals surface area contributed by atoms with E-state index in [4.69, 9.17) is 11.6 Å². The Hall–Kier alpha value is -3.43. The summed E-state index contributed by atoms with van der Waals surface area (Å²) in [5, 5.41) is 13.9. The maximum Gasteiger partial charge on any atom is 0.235 e. The number of halogens is 1. The minimum Gasteiger partial charge on any atom is -0.310 e. The highest BCUT2D eigenvalue weighted by atomic mass is 35.5. The summed E-state index contributed by atoms with van der Waals surface area (Å²) >= 11 is 7.56. The van der Waals surface area contributed by atoms with Crippen LogP contribution in [-0.2, 0) is 11.3 Å². The first-order valence-corrected chi connectivity index (χ1v) is 11.2. The molecular formula is C22H18ClN7OS. The summed E-state index contributed by atoms with van der Waals surface area (Å²) in [6.07, 6.45) is 1.65. The van der Waals surface area contributed by atoms with Gasteiger partial charge in [0.05, 0.1) is 24.0 Å². The van der Waals surface area contributed by atoms with Gasteiger partial charge in [0.1, 0.15) is 11.6 Å². The number of hydrogen-bond donors (Lipinski definition) is 1. The molecule has 0 spiro atoms. The first-order valence-electron chi connectivity index (χ1n) is 9.88. The Bertz CT molecular complexity index is 1450.